The number of anilines is 1. The minimum absolute atomic E-state index is 0.0765. The maximum atomic E-state index is 13.6. The zero-order chi connectivity index (χ0) is 15.6. The molecule has 0 aliphatic carbocycles. The van der Waals surface area contributed by atoms with Gasteiger partial charge < -0.3 is 15.3 Å². The van der Waals surface area contributed by atoms with Crippen LogP contribution in [-0.2, 0) is 14.4 Å². The third-order valence-electron chi connectivity index (χ3n) is 3.11. The third-order valence-corrected chi connectivity index (χ3v) is 3.11. The first kappa shape index (κ1) is 14.9. The van der Waals surface area contributed by atoms with Crippen molar-refractivity contribution in [1.82, 2.24) is 5.32 Å². The Balaban J connectivity index is 2.09. The van der Waals surface area contributed by atoms with Crippen LogP contribution < -0.4 is 10.2 Å². The van der Waals surface area contributed by atoms with Crippen molar-refractivity contribution in [2.24, 2.45) is 5.92 Å². The second-order valence-electron chi connectivity index (χ2n) is 4.61. The van der Waals surface area contributed by atoms with Crippen molar-refractivity contribution in [2.45, 2.75) is 6.42 Å². The summed E-state index contributed by atoms with van der Waals surface area (Å²) >= 11 is 0. The molecule has 1 unspecified atom stereocenters. The fourth-order valence-electron chi connectivity index (χ4n) is 2.12. The number of carboxylic acids is 1. The van der Waals surface area contributed by atoms with Gasteiger partial charge in [-0.15, -0.1) is 0 Å². The van der Waals surface area contributed by atoms with Gasteiger partial charge in [0.1, 0.15) is 18.2 Å². The molecule has 0 aromatic heterocycles. The Bertz CT molecular complexity index is 606. The Hall–Kier alpha value is -2.51. The van der Waals surface area contributed by atoms with Crippen LogP contribution >= 0.6 is 0 Å². The molecule has 2 amide bonds. The molecule has 1 aliphatic heterocycles. The van der Waals surface area contributed by atoms with Crippen LogP contribution in [0.15, 0.2) is 18.2 Å². The number of carboxylic acid groups (broad SMARTS) is 1. The SMILES string of the molecule is O=C(O)CNC(=O)C1CC(=O)N(c2ccc(F)cc2F)C1. The fourth-order valence-corrected chi connectivity index (χ4v) is 2.12. The summed E-state index contributed by atoms with van der Waals surface area (Å²) in [5.74, 6) is -4.68. The van der Waals surface area contributed by atoms with Gasteiger partial charge in [0.2, 0.25) is 11.8 Å². The van der Waals surface area contributed by atoms with Crippen LogP contribution in [0.25, 0.3) is 0 Å². The van der Waals surface area contributed by atoms with Crippen LogP contribution in [0.3, 0.4) is 0 Å². The predicted molar refractivity (Wildman–Crippen MR) is 67.5 cm³/mol. The maximum absolute atomic E-state index is 13.6. The number of amides is 2. The van der Waals surface area contributed by atoms with E-state index in [2.05, 4.69) is 5.32 Å². The molecular formula is C13H12F2N2O4. The van der Waals surface area contributed by atoms with Gasteiger partial charge in [0, 0.05) is 19.0 Å². The molecule has 0 saturated carbocycles. The number of nitrogens with one attached hydrogen (secondary N) is 1. The van der Waals surface area contributed by atoms with E-state index in [0.717, 1.165) is 17.0 Å². The molecule has 1 aliphatic rings. The number of benzene rings is 1. The van der Waals surface area contributed by atoms with Gasteiger partial charge in [-0.3, -0.25) is 14.4 Å². The molecule has 112 valence electrons. The molecule has 1 saturated heterocycles. The zero-order valence-electron chi connectivity index (χ0n) is 10.8. The average molecular weight is 298 g/mol. The fraction of sp³-hybridized carbons (Fsp3) is 0.308. The molecule has 2 N–H and O–H groups in total. The summed E-state index contributed by atoms with van der Waals surface area (Å²) in [7, 11) is 0. The molecule has 6 nitrogen and oxygen atoms in total. The van der Waals surface area contributed by atoms with Gasteiger partial charge in [-0.05, 0) is 12.1 Å². The standard InChI is InChI=1S/C13H12F2N2O4/c14-8-1-2-10(9(15)4-8)17-6-7(3-11(17)18)13(21)16-5-12(19)20/h1-2,4,7H,3,5-6H2,(H,16,21)(H,19,20). The summed E-state index contributed by atoms with van der Waals surface area (Å²) in [6, 6.07) is 2.80. The van der Waals surface area contributed by atoms with Crippen molar-refractivity contribution in [2.75, 3.05) is 18.0 Å². The number of rotatable bonds is 4. The first-order valence-corrected chi connectivity index (χ1v) is 6.13. The van der Waals surface area contributed by atoms with Crippen molar-refractivity contribution in [3.63, 3.8) is 0 Å². The van der Waals surface area contributed by atoms with E-state index >= 15 is 0 Å². The second-order valence-corrected chi connectivity index (χ2v) is 4.61. The molecule has 21 heavy (non-hydrogen) atoms. The monoisotopic (exact) mass is 298 g/mol. The van der Waals surface area contributed by atoms with Gasteiger partial charge in [-0.2, -0.15) is 0 Å². The van der Waals surface area contributed by atoms with Crippen molar-refractivity contribution in [1.29, 1.82) is 0 Å². The molecule has 1 heterocycles. The van der Waals surface area contributed by atoms with Gasteiger partial charge in [0.15, 0.2) is 0 Å². The Morgan fingerprint density at radius 1 is 1.38 bits per heavy atom. The third kappa shape index (κ3) is 3.33. The van der Waals surface area contributed by atoms with Crippen LogP contribution in [-0.4, -0.2) is 36.0 Å². The topological polar surface area (TPSA) is 86.7 Å². The summed E-state index contributed by atoms with van der Waals surface area (Å²) in [4.78, 5) is 35.0. The Labute approximate surface area is 118 Å². The van der Waals surface area contributed by atoms with Gasteiger partial charge in [-0.1, -0.05) is 0 Å². The molecule has 1 aromatic carbocycles. The number of halogens is 2. The lowest BCUT2D eigenvalue weighted by molar-refractivity contribution is -0.138. The van der Waals surface area contributed by atoms with Crippen molar-refractivity contribution >= 4 is 23.5 Å². The molecule has 1 fully saturated rings. The molecule has 0 spiro atoms. The zero-order valence-corrected chi connectivity index (χ0v) is 10.8. The highest BCUT2D eigenvalue weighted by atomic mass is 19.1. The van der Waals surface area contributed by atoms with E-state index in [-0.39, 0.29) is 18.7 Å². The Kier molecular flexibility index (Phi) is 4.15. The largest absolute Gasteiger partial charge is 0.480 e. The summed E-state index contributed by atoms with van der Waals surface area (Å²) in [5.41, 5.74) is -0.102. The van der Waals surface area contributed by atoms with E-state index in [4.69, 9.17) is 5.11 Å². The number of hydrogen-bond acceptors (Lipinski definition) is 3. The van der Waals surface area contributed by atoms with E-state index in [1.807, 2.05) is 0 Å². The maximum Gasteiger partial charge on any atom is 0.322 e. The molecule has 1 atom stereocenters. The minimum Gasteiger partial charge on any atom is -0.480 e. The lowest BCUT2D eigenvalue weighted by Crippen LogP contribution is -2.36. The summed E-state index contributed by atoms with van der Waals surface area (Å²) in [6.07, 6.45) is -0.151. The van der Waals surface area contributed by atoms with Gasteiger partial charge in [0.05, 0.1) is 11.6 Å². The molecule has 2 rings (SSSR count). The van der Waals surface area contributed by atoms with Crippen LogP contribution in [0.2, 0.25) is 0 Å². The molecule has 1 aromatic rings. The lowest BCUT2D eigenvalue weighted by atomic mass is 10.1. The number of carbonyl (C=O) groups excluding carboxylic acids is 2. The summed E-state index contributed by atoms with van der Waals surface area (Å²) in [6.45, 7) is -0.624. The van der Waals surface area contributed by atoms with Crippen LogP contribution in [0, 0.1) is 17.6 Å². The quantitative estimate of drug-likeness (QED) is 0.848. The van der Waals surface area contributed by atoms with E-state index in [0.29, 0.717) is 6.07 Å². The van der Waals surface area contributed by atoms with Crippen LogP contribution in [0.5, 0.6) is 0 Å². The minimum atomic E-state index is -1.20. The summed E-state index contributed by atoms with van der Waals surface area (Å²) < 4.78 is 26.5. The highest BCUT2D eigenvalue weighted by Crippen LogP contribution is 2.27. The normalized spacial score (nSPS) is 17.9. The molecule has 0 bridgehead atoms. The van der Waals surface area contributed by atoms with E-state index in [1.54, 1.807) is 0 Å². The number of aliphatic carboxylic acids is 1. The Morgan fingerprint density at radius 3 is 2.71 bits per heavy atom. The first-order chi connectivity index (χ1) is 9.88. The van der Waals surface area contributed by atoms with Gasteiger partial charge >= 0.3 is 5.97 Å². The van der Waals surface area contributed by atoms with Crippen molar-refractivity contribution in [3.8, 4) is 0 Å². The Morgan fingerprint density at radius 2 is 2.10 bits per heavy atom. The average Bonchev–Trinajstić information content (AvgIpc) is 2.78. The smallest absolute Gasteiger partial charge is 0.322 e. The molecular weight excluding hydrogens is 286 g/mol. The lowest BCUT2D eigenvalue weighted by Gasteiger charge is -2.17. The van der Waals surface area contributed by atoms with Gasteiger partial charge in [0.25, 0.3) is 0 Å². The van der Waals surface area contributed by atoms with Gasteiger partial charge in [-0.25, -0.2) is 8.78 Å². The van der Waals surface area contributed by atoms with Crippen LogP contribution in [0.1, 0.15) is 6.42 Å². The summed E-state index contributed by atoms with van der Waals surface area (Å²) in [5, 5.41) is 10.6. The van der Waals surface area contributed by atoms with E-state index in [9.17, 15) is 23.2 Å². The second kappa shape index (κ2) is 5.86. The number of nitrogens with zero attached hydrogens (tertiary/aromatic N) is 1. The highest BCUT2D eigenvalue weighted by Gasteiger charge is 2.36. The molecule has 0 radical (unpaired) electrons. The molecule has 8 heteroatoms. The number of hydrogen-bond donors (Lipinski definition) is 2. The van der Waals surface area contributed by atoms with Crippen LogP contribution in [0.4, 0.5) is 14.5 Å². The van der Waals surface area contributed by atoms with Crippen molar-refractivity contribution < 1.29 is 28.3 Å². The highest BCUT2D eigenvalue weighted by molar-refractivity contribution is 6.00. The first-order valence-electron chi connectivity index (χ1n) is 6.13. The van der Waals surface area contributed by atoms with Crippen molar-refractivity contribution in [3.05, 3.63) is 29.8 Å². The number of carbonyl (C=O) groups is 3. The van der Waals surface area contributed by atoms with E-state index < -0.39 is 41.9 Å². The van der Waals surface area contributed by atoms with E-state index in [1.165, 1.54) is 0 Å². The predicted octanol–water partition coefficient (Wildman–Crippen LogP) is 0.518.